The Morgan fingerprint density at radius 3 is 3.00 bits per heavy atom. The average Bonchev–Trinajstić information content (AvgIpc) is 2.47. The minimum Gasteiger partial charge on any atom is -0.395 e. The van der Waals surface area contributed by atoms with Crippen LogP contribution in [0, 0.1) is 6.92 Å². The second-order valence-corrected chi connectivity index (χ2v) is 3.88. The molecule has 12 heavy (non-hydrogen) atoms. The molecule has 0 aliphatic rings. The van der Waals surface area contributed by atoms with E-state index >= 15 is 0 Å². The zero-order valence-corrected chi connectivity index (χ0v) is 8.19. The van der Waals surface area contributed by atoms with E-state index in [9.17, 15) is 0 Å². The average molecular weight is 186 g/mol. The van der Waals surface area contributed by atoms with E-state index in [-0.39, 0.29) is 12.6 Å². The Balaban J connectivity index is 2.33. The second kappa shape index (κ2) is 4.54. The van der Waals surface area contributed by atoms with Gasteiger partial charge in [-0.05, 0) is 13.8 Å². The van der Waals surface area contributed by atoms with Crippen molar-refractivity contribution < 1.29 is 5.11 Å². The van der Waals surface area contributed by atoms with Gasteiger partial charge in [-0.15, -0.1) is 11.3 Å². The van der Waals surface area contributed by atoms with Crippen LogP contribution in [0.4, 0.5) is 0 Å². The van der Waals surface area contributed by atoms with Gasteiger partial charge in [0.15, 0.2) is 0 Å². The van der Waals surface area contributed by atoms with Crippen LogP contribution in [0.1, 0.15) is 17.6 Å². The number of aryl methyl sites for hydroxylation is 1. The predicted molar refractivity (Wildman–Crippen MR) is 50.2 cm³/mol. The molecule has 1 aromatic heterocycles. The molecule has 1 heterocycles. The molecule has 1 aromatic rings. The molecule has 3 nitrogen and oxygen atoms in total. The molecule has 0 saturated heterocycles. The molecule has 0 radical (unpaired) electrons. The van der Waals surface area contributed by atoms with Gasteiger partial charge in [-0.25, -0.2) is 4.98 Å². The summed E-state index contributed by atoms with van der Waals surface area (Å²) >= 11 is 1.65. The molecule has 0 saturated carbocycles. The summed E-state index contributed by atoms with van der Waals surface area (Å²) in [5.74, 6) is 0. The third-order valence-corrected chi connectivity index (χ3v) is 2.39. The fourth-order valence-corrected chi connectivity index (χ4v) is 1.45. The Kier molecular flexibility index (Phi) is 3.65. The van der Waals surface area contributed by atoms with E-state index in [0.717, 1.165) is 17.2 Å². The van der Waals surface area contributed by atoms with Gasteiger partial charge in [0.1, 0.15) is 0 Å². The zero-order chi connectivity index (χ0) is 8.97. The molecule has 0 bridgehead atoms. The summed E-state index contributed by atoms with van der Waals surface area (Å²) in [4.78, 5) is 4.29. The van der Waals surface area contributed by atoms with Gasteiger partial charge in [0, 0.05) is 18.0 Å². The van der Waals surface area contributed by atoms with E-state index in [4.69, 9.17) is 5.11 Å². The van der Waals surface area contributed by atoms with Crippen LogP contribution in [0.25, 0.3) is 0 Å². The van der Waals surface area contributed by atoms with Crippen molar-refractivity contribution in [2.75, 3.05) is 6.61 Å². The largest absolute Gasteiger partial charge is 0.395 e. The Labute approximate surface area is 76.5 Å². The van der Waals surface area contributed by atoms with Crippen LogP contribution in [0.15, 0.2) is 5.38 Å². The molecule has 1 unspecified atom stereocenters. The normalized spacial score (nSPS) is 13.2. The van der Waals surface area contributed by atoms with Crippen molar-refractivity contribution in [2.24, 2.45) is 0 Å². The Morgan fingerprint density at radius 2 is 2.50 bits per heavy atom. The van der Waals surface area contributed by atoms with Gasteiger partial charge in [-0.3, -0.25) is 0 Å². The molecule has 0 aromatic carbocycles. The highest BCUT2D eigenvalue weighted by atomic mass is 32.1. The number of aliphatic hydroxyl groups excluding tert-OH is 1. The third-order valence-electron chi connectivity index (χ3n) is 1.57. The van der Waals surface area contributed by atoms with Crippen molar-refractivity contribution in [3.63, 3.8) is 0 Å². The lowest BCUT2D eigenvalue weighted by Gasteiger charge is -2.07. The zero-order valence-electron chi connectivity index (χ0n) is 7.37. The van der Waals surface area contributed by atoms with Crippen LogP contribution in [0.5, 0.6) is 0 Å². The van der Waals surface area contributed by atoms with Crippen molar-refractivity contribution in [3.05, 3.63) is 16.1 Å². The highest BCUT2D eigenvalue weighted by Crippen LogP contribution is 2.07. The third kappa shape index (κ3) is 2.89. The van der Waals surface area contributed by atoms with Crippen LogP contribution >= 0.6 is 11.3 Å². The van der Waals surface area contributed by atoms with Gasteiger partial charge < -0.3 is 10.4 Å². The molecular weight excluding hydrogens is 172 g/mol. The maximum atomic E-state index is 8.74. The van der Waals surface area contributed by atoms with E-state index in [1.165, 1.54) is 0 Å². The first-order valence-electron chi connectivity index (χ1n) is 3.97. The first-order valence-corrected chi connectivity index (χ1v) is 4.85. The van der Waals surface area contributed by atoms with Gasteiger partial charge in [-0.2, -0.15) is 0 Å². The Hall–Kier alpha value is -0.450. The summed E-state index contributed by atoms with van der Waals surface area (Å²) in [6.45, 7) is 4.85. The monoisotopic (exact) mass is 186 g/mol. The maximum Gasteiger partial charge on any atom is 0.0897 e. The molecule has 0 spiro atoms. The molecular formula is C8H14N2OS. The standard InChI is InChI=1S/C8H14N2OS/c1-6(4-11)9-3-8-5-12-7(2)10-8/h5-6,9,11H,3-4H2,1-2H3. The minimum atomic E-state index is 0.145. The Morgan fingerprint density at radius 1 is 1.75 bits per heavy atom. The summed E-state index contributed by atoms with van der Waals surface area (Å²) < 4.78 is 0. The van der Waals surface area contributed by atoms with Crippen molar-refractivity contribution in [2.45, 2.75) is 26.4 Å². The number of hydrogen-bond donors (Lipinski definition) is 2. The Bertz CT molecular complexity index is 237. The molecule has 1 rings (SSSR count). The number of rotatable bonds is 4. The van der Waals surface area contributed by atoms with Gasteiger partial charge in [0.05, 0.1) is 17.3 Å². The van der Waals surface area contributed by atoms with Crippen LogP contribution in [-0.4, -0.2) is 22.7 Å². The molecule has 0 fully saturated rings. The molecule has 2 N–H and O–H groups in total. The predicted octanol–water partition coefficient (Wildman–Crippen LogP) is 0.922. The lowest BCUT2D eigenvalue weighted by atomic mass is 10.3. The smallest absolute Gasteiger partial charge is 0.0897 e. The fraction of sp³-hybridized carbons (Fsp3) is 0.625. The molecule has 68 valence electrons. The van der Waals surface area contributed by atoms with E-state index < -0.39 is 0 Å². The SMILES string of the molecule is Cc1nc(CNC(C)CO)cs1. The van der Waals surface area contributed by atoms with Crippen LogP contribution in [0.3, 0.4) is 0 Å². The lowest BCUT2D eigenvalue weighted by Crippen LogP contribution is -2.28. The summed E-state index contributed by atoms with van der Waals surface area (Å²) in [6, 6.07) is 0.145. The van der Waals surface area contributed by atoms with E-state index in [0.29, 0.717) is 0 Å². The maximum absolute atomic E-state index is 8.74. The quantitative estimate of drug-likeness (QED) is 0.735. The first kappa shape index (κ1) is 9.64. The number of aromatic nitrogens is 1. The number of hydrogen-bond acceptors (Lipinski definition) is 4. The molecule has 0 aliphatic carbocycles. The van der Waals surface area contributed by atoms with Gasteiger partial charge in [-0.1, -0.05) is 0 Å². The van der Waals surface area contributed by atoms with E-state index in [1.807, 2.05) is 19.2 Å². The fourth-order valence-electron chi connectivity index (χ4n) is 0.833. The van der Waals surface area contributed by atoms with Crippen LogP contribution in [0.2, 0.25) is 0 Å². The van der Waals surface area contributed by atoms with Crippen LogP contribution < -0.4 is 5.32 Å². The highest BCUT2D eigenvalue weighted by molar-refractivity contribution is 7.09. The van der Waals surface area contributed by atoms with Crippen LogP contribution in [-0.2, 0) is 6.54 Å². The number of aliphatic hydroxyl groups is 1. The first-order chi connectivity index (χ1) is 5.72. The number of nitrogens with zero attached hydrogens (tertiary/aromatic N) is 1. The van der Waals surface area contributed by atoms with E-state index in [2.05, 4.69) is 10.3 Å². The highest BCUT2D eigenvalue weighted by Gasteiger charge is 2.00. The van der Waals surface area contributed by atoms with Crippen molar-refractivity contribution in [3.8, 4) is 0 Å². The lowest BCUT2D eigenvalue weighted by molar-refractivity contribution is 0.250. The summed E-state index contributed by atoms with van der Waals surface area (Å²) in [5.41, 5.74) is 1.05. The molecule has 4 heteroatoms. The van der Waals surface area contributed by atoms with Gasteiger partial charge in [0.25, 0.3) is 0 Å². The molecule has 1 atom stereocenters. The summed E-state index contributed by atoms with van der Waals surface area (Å²) in [7, 11) is 0. The van der Waals surface area contributed by atoms with E-state index in [1.54, 1.807) is 11.3 Å². The molecule has 0 aliphatic heterocycles. The number of nitrogens with one attached hydrogen (secondary N) is 1. The van der Waals surface area contributed by atoms with Crippen molar-refractivity contribution in [1.29, 1.82) is 0 Å². The van der Waals surface area contributed by atoms with Crippen molar-refractivity contribution >= 4 is 11.3 Å². The summed E-state index contributed by atoms with van der Waals surface area (Å²) in [5, 5.41) is 15.0. The van der Waals surface area contributed by atoms with Gasteiger partial charge >= 0.3 is 0 Å². The van der Waals surface area contributed by atoms with Gasteiger partial charge in [0.2, 0.25) is 0 Å². The molecule has 0 amide bonds. The number of thiazole rings is 1. The van der Waals surface area contributed by atoms with Crippen molar-refractivity contribution in [1.82, 2.24) is 10.3 Å². The second-order valence-electron chi connectivity index (χ2n) is 2.82. The minimum absolute atomic E-state index is 0.145. The topological polar surface area (TPSA) is 45.2 Å². The summed E-state index contributed by atoms with van der Waals surface area (Å²) in [6.07, 6.45) is 0.